The van der Waals surface area contributed by atoms with E-state index < -0.39 is 39.1 Å². The number of esters is 2. The Labute approximate surface area is 289 Å². The third kappa shape index (κ3) is 33.7. The summed E-state index contributed by atoms with van der Waals surface area (Å²) >= 11 is 0. The van der Waals surface area contributed by atoms with Crippen LogP contribution in [0.15, 0.2) is 0 Å². The summed E-state index contributed by atoms with van der Waals surface area (Å²) in [5, 5.41) is 0. The van der Waals surface area contributed by atoms with Crippen LogP contribution in [-0.4, -0.2) is 31.3 Å². The molecule has 0 fully saturated rings. The molecular formula is C26H49Na2O8PS. The number of carbonyl (C=O) groups is 2. The number of carbonyl (C=O) groups excluding carboxylic acids is 2. The van der Waals surface area contributed by atoms with Crippen LogP contribution in [0, 0.1) is 47.4 Å². The average Bonchev–Trinajstić information content (AvgIpc) is 2.81. The van der Waals surface area contributed by atoms with Crippen LogP contribution < -0.4 is 68.9 Å². The van der Waals surface area contributed by atoms with E-state index in [1.807, 2.05) is 0 Å². The largest absolute Gasteiger partial charge is 1.00 e. The summed E-state index contributed by atoms with van der Waals surface area (Å²) < 4.78 is 24.9. The first-order chi connectivity index (χ1) is 16.8. The van der Waals surface area contributed by atoms with Crippen LogP contribution in [0.25, 0.3) is 0 Å². The van der Waals surface area contributed by atoms with Gasteiger partial charge in [0.15, 0.2) is 6.10 Å². The second-order valence-corrected chi connectivity index (χ2v) is 8.66. The molecule has 0 N–H and O–H groups in total. The van der Waals surface area contributed by atoms with Crippen molar-refractivity contribution in [2.45, 2.75) is 90.6 Å². The van der Waals surface area contributed by atoms with Crippen LogP contribution in [0.4, 0.5) is 0 Å². The molecule has 38 heavy (non-hydrogen) atoms. The molecule has 0 radical (unpaired) electrons. The van der Waals surface area contributed by atoms with Gasteiger partial charge in [0, 0.05) is 22.3 Å². The second kappa shape index (κ2) is 31.2. The maximum Gasteiger partial charge on any atom is 1.00 e. The van der Waals surface area contributed by atoms with Crippen LogP contribution in [0.3, 0.4) is 0 Å². The smallest absolute Gasteiger partial charge is 0.790 e. The van der Waals surface area contributed by atoms with Gasteiger partial charge in [-0.05, 0) is 48.9 Å². The van der Waals surface area contributed by atoms with E-state index in [-0.39, 0.29) is 89.0 Å². The minimum absolute atomic E-state index is 0. The Balaban J connectivity index is -0.000000128. The Morgan fingerprint density at radius 2 is 1.32 bits per heavy atom. The molecule has 0 heterocycles. The molecule has 0 rings (SSSR count). The fourth-order valence-electron chi connectivity index (χ4n) is 2.77. The first-order valence-corrected chi connectivity index (χ1v) is 13.2. The normalized spacial score (nSPS) is 9.79. The van der Waals surface area contributed by atoms with E-state index in [0.29, 0.717) is 6.42 Å². The second-order valence-electron chi connectivity index (χ2n) is 7.51. The van der Waals surface area contributed by atoms with Crippen molar-refractivity contribution >= 4 is 33.3 Å². The summed E-state index contributed by atoms with van der Waals surface area (Å²) in [4.78, 5) is 45.2. The van der Waals surface area contributed by atoms with E-state index in [1.165, 1.54) is 38.5 Å². The van der Waals surface area contributed by atoms with E-state index in [0.717, 1.165) is 19.3 Å². The summed E-state index contributed by atoms with van der Waals surface area (Å²) in [5.74, 6) is 17.3. The standard InChI is InChI=1S/C26H35O8P.2Na.H2S.7H2/c1-3-5-7-9-11-12-13-15-17-19-21-26(28)34-24(23-33-35(29,30)31)22-32-25(27)20-18-16-14-10-8-6-4-2;;;;;;;;;;/h24H,3,5,7,9,11-13,15,17,19,21-23H2,1-2H3,(H2,29,30,31);;;1H2;7*1H/q;2*+1;;;;;;;;/p-2/t24-;;;;;;;;;;/m0........../s1. The Kier molecular flexibility index (Phi) is 36.6. The first kappa shape index (κ1) is 44.7. The van der Waals surface area contributed by atoms with Gasteiger partial charge in [0.25, 0.3) is 0 Å². The first-order valence-electron chi connectivity index (χ1n) is 11.7. The third-order valence-electron chi connectivity index (χ3n) is 4.45. The SMILES string of the molecule is CC#CC#CC#CC#CC(=O)OC[C@@H](COP(=O)([O-])[O-])OC(=O)CCCCCCCCCCCC.S.[HH].[HH].[HH].[HH].[HH].[HH].[HH].[Na+].[Na+]. The summed E-state index contributed by atoms with van der Waals surface area (Å²) in [6, 6.07) is 0. The van der Waals surface area contributed by atoms with Crippen LogP contribution in [0.5, 0.6) is 0 Å². The molecule has 12 heteroatoms. The van der Waals surface area contributed by atoms with E-state index >= 15 is 0 Å². The quantitative estimate of drug-likeness (QED) is 0.0494. The number of phosphoric acid groups is 1. The predicted molar refractivity (Wildman–Crippen MR) is 153 cm³/mol. The molecule has 0 spiro atoms. The maximum absolute atomic E-state index is 12.1. The molecule has 0 aliphatic carbocycles. The Bertz CT molecular complexity index is 967. The van der Waals surface area contributed by atoms with Gasteiger partial charge in [-0.1, -0.05) is 70.6 Å². The Morgan fingerprint density at radius 1 is 0.816 bits per heavy atom. The van der Waals surface area contributed by atoms with Crippen molar-refractivity contribution in [1.82, 2.24) is 0 Å². The predicted octanol–water partition coefficient (Wildman–Crippen LogP) is -1.53. The molecule has 0 saturated heterocycles. The van der Waals surface area contributed by atoms with Crippen LogP contribution >= 0.6 is 21.3 Å². The van der Waals surface area contributed by atoms with Gasteiger partial charge in [-0.2, -0.15) is 13.5 Å². The number of hydrogen-bond acceptors (Lipinski definition) is 8. The minimum Gasteiger partial charge on any atom is -0.790 e. The molecule has 0 bridgehead atoms. The summed E-state index contributed by atoms with van der Waals surface area (Å²) in [6.07, 6.45) is 9.91. The molecule has 0 aliphatic rings. The number of ether oxygens (including phenoxy) is 2. The van der Waals surface area contributed by atoms with Crippen molar-refractivity contribution in [2.75, 3.05) is 13.2 Å². The molecule has 1 atom stereocenters. The molecule has 8 nitrogen and oxygen atoms in total. The van der Waals surface area contributed by atoms with Crippen molar-refractivity contribution < 1.29 is 107 Å². The molecule has 0 amide bonds. The zero-order valence-corrected chi connectivity index (χ0v) is 28.9. The van der Waals surface area contributed by atoms with E-state index in [1.54, 1.807) is 6.92 Å². The van der Waals surface area contributed by atoms with Crippen LogP contribution in [-0.2, 0) is 28.2 Å². The van der Waals surface area contributed by atoms with Gasteiger partial charge in [-0.3, -0.25) is 4.79 Å². The van der Waals surface area contributed by atoms with E-state index in [9.17, 15) is 23.9 Å². The zero-order chi connectivity index (χ0) is 26.2. The number of unbranched alkanes of at least 4 members (excludes halogenated alkanes) is 9. The van der Waals surface area contributed by atoms with Gasteiger partial charge < -0.3 is 28.3 Å². The topological polar surface area (TPSA) is 125 Å². The molecule has 0 aromatic rings. The Hall–Kier alpha value is -0.360. The summed E-state index contributed by atoms with van der Waals surface area (Å²) in [6.45, 7) is 2.52. The minimum atomic E-state index is -5.29. The molecule has 0 saturated carbocycles. The molecule has 0 aromatic carbocycles. The van der Waals surface area contributed by atoms with Crippen LogP contribution in [0.2, 0.25) is 0 Å². The Morgan fingerprint density at radius 3 is 1.84 bits per heavy atom. The zero-order valence-electron chi connectivity index (χ0n) is 23.0. The maximum atomic E-state index is 12.1. The average molecular weight is 599 g/mol. The van der Waals surface area contributed by atoms with Gasteiger partial charge in [0.2, 0.25) is 0 Å². The molecule has 0 aliphatic heterocycles. The molecule has 0 aromatic heterocycles. The molecule has 0 unspecified atom stereocenters. The van der Waals surface area contributed by atoms with Crippen LogP contribution in [0.1, 0.15) is 94.5 Å². The number of hydrogen-bond donors (Lipinski definition) is 0. The third-order valence-corrected chi connectivity index (χ3v) is 4.92. The molecular weight excluding hydrogens is 549 g/mol. The number of rotatable bonds is 17. The van der Waals surface area contributed by atoms with Gasteiger partial charge in [0.1, 0.15) is 6.61 Å². The fraction of sp³-hybridized carbons (Fsp3) is 0.615. The summed E-state index contributed by atoms with van der Waals surface area (Å²) in [7, 11) is -5.29. The van der Waals surface area contributed by atoms with E-state index in [2.05, 4.69) is 58.8 Å². The van der Waals surface area contributed by atoms with E-state index in [4.69, 9.17) is 9.47 Å². The van der Waals surface area contributed by atoms with Gasteiger partial charge in [-0.25, -0.2) is 4.79 Å². The van der Waals surface area contributed by atoms with Crippen molar-refractivity contribution in [1.29, 1.82) is 0 Å². The van der Waals surface area contributed by atoms with Crippen molar-refractivity contribution in [3.63, 3.8) is 0 Å². The monoisotopic (exact) mass is 598 g/mol. The fourth-order valence-corrected chi connectivity index (χ4v) is 3.12. The summed E-state index contributed by atoms with van der Waals surface area (Å²) in [5.41, 5.74) is 0. The van der Waals surface area contributed by atoms with Gasteiger partial charge in [0.05, 0.1) is 14.4 Å². The van der Waals surface area contributed by atoms with Crippen molar-refractivity contribution in [2.24, 2.45) is 0 Å². The molecule has 214 valence electrons. The van der Waals surface area contributed by atoms with Crippen molar-refractivity contribution in [3.05, 3.63) is 0 Å². The van der Waals surface area contributed by atoms with Gasteiger partial charge >= 0.3 is 71.1 Å². The van der Waals surface area contributed by atoms with Gasteiger partial charge in [-0.15, -0.1) is 0 Å². The number of phosphoric ester groups is 1. The van der Waals surface area contributed by atoms with Crippen molar-refractivity contribution in [3.8, 4) is 47.4 Å².